The number of carbonyl (C=O) groups excluding carboxylic acids is 1. The van der Waals surface area contributed by atoms with Crippen molar-refractivity contribution in [1.29, 1.82) is 0 Å². The summed E-state index contributed by atoms with van der Waals surface area (Å²) in [5, 5.41) is 7.06. The molecule has 82 valence electrons. The van der Waals surface area contributed by atoms with Gasteiger partial charge in [-0.3, -0.25) is 4.79 Å². The van der Waals surface area contributed by atoms with Crippen LogP contribution in [0.5, 0.6) is 0 Å². The lowest BCUT2D eigenvalue weighted by Gasteiger charge is -2.02. The van der Waals surface area contributed by atoms with Gasteiger partial charge < -0.3 is 0 Å². The van der Waals surface area contributed by atoms with Crippen molar-refractivity contribution in [2.24, 2.45) is 0 Å². The third-order valence-electron chi connectivity index (χ3n) is 2.36. The van der Waals surface area contributed by atoms with Gasteiger partial charge in [0.25, 0.3) is 5.24 Å². The molecule has 2 aromatic rings. The summed E-state index contributed by atoms with van der Waals surface area (Å²) in [5.41, 5.74) is 2.86. The van der Waals surface area contributed by atoms with Crippen LogP contribution in [0, 0.1) is 13.8 Å². The van der Waals surface area contributed by atoms with Gasteiger partial charge in [-0.15, -0.1) is 5.10 Å². The van der Waals surface area contributed by atoms with Gasteiger partial charge in [-0.1, -0.05) is 22.9 Å². The number of hydrogen-bond acceptors (Lipinski definition) is 3. The highest BCUT2D eigenvalue weighted by molar-refractivity contribution is 6.67. The molecule has 0 aliphatic heterocycles. The van der Waals surface area contributed by atoms with E-state index in [9.17, 15) is 4.79 Å². The molecule has 4 nitrogen and oxygen atoms in total. The maximum atomic E-state index is 11.0. The molecule has 2 rings (SSSR count). The van der Waals surface area contributed by atoms with Crippen LogP contribution in [0.1, 0.15) is 21.7 Å². The molecule has 0 spiro atoms. The summed E-state index contributed by atoms with van der Waals surface area (Å²) in [6.07, 6.45) is 0. The first-order valence-corrected chi connectivity index (χ1v) is 5.16. The molecule has 0 radical (unpaired) electrons. The maximum absolute atomic E-state index is 11.0. The van der Waals surface area contributed by atoms with E-state index in [1.54, 1.807) is 11.6 Å². The van der Waals surface area contributed by atoms with Crippen LogP contribution in [0.3, 0.4) is 0 Å². The second kappa shape index (κ2) is 4.06. The summed E-state index contributed by atoms with van der Waals surface area (Å²) in [6, 6.07) is 7.77. The van der Waals surface area contributed by atoms with E-state index in [4.69, 9.17) is 11.6 Å². The molecule has 0 fully saturated rings. The van der Waals surface area contributed by atoms with Gasteiger partial charge in [0.1, 0.15) is 0 Å². The molecule has 1 aromatic carbocycles. The molecule has 0 atom stereocenters. The van der Waals surface area contributed by atoms with Crippen molar-refractivity contribution in [2.45, 2.75) is 13.8 Å². The van der Waals surface area contributed by atoms with Crippen molar-refractivity contribution >= 4 is 16.8 Å². The lowest BCUT2D eigenvalue weighted by atomic mass is 10.2. The summed E-state index contributed by atoms with van der Waals surface area (Å²) in [4.78, 5) is 11.0. The highest BCUT2D eigenvalue weighted by Crippen LogP contribution is 2.14. The molecule has 0 N–H and O–H groups in total. The molecule has 5 heteroatoms. The smallest absolute Gasteiger partial charge is 0.274 e. The third-order valence-corrected chi connectivity index (χ3v) is 2.54. The fourth-order valence-electron chi connectivity index (χ4n) is 1.44. The summed E-state index contributed by atoms with van der Waals surface area (Å²) in [7, 11) is 0. The van der Waals surface area contributed by atoms with Crippen LogP contribution in [0.4, 0.5) is 0 Å². The van der Waals surface area contributed by atoms with Crippen molar-refractivity contribution in [3.63, 3.8) is 0 Å². The molecule has 0 bridgehead atoms. The summed E-state index contributed by atoms with van der Waals surface area (Å²) < 4.78 is 1.59. The van der Waals surface area contributed by atoms with Crippen molar-refractivity contribution in [1.82, 2.24) is 15.0 Å². The van der Waals surface area contributed by atoms with Gasteiger partial charge in [0.2, 0.25) is 0 Å². The van der Waals surface area contributed by atoms with E-state index >= 15 is 0 Å². The molecule has 0 amide bonds. The first-order valence-electron chi connectivity index (χ1n) is 4.79. The van der Waals surface area contributed by atoms with Crippen LogP contribution < -0.4 is 0 Å². The zero-order chi connectivity index (χ0) is 11.7. The summed E-state index contributed by atoms with van der Waals surface area (Å²) >= 11 is 5.38. The topological polar surface area (TPSA) is 47.8 Å². The largest absolute Gasteiger partial charge is 0.274 e. The number of carbonyl (C=O) groups is 1. The predicted octanol–water partition coefficient (Wildman–Crippen LogP) is 2.26. The van der Waals surface area contributed by atoms with Gasteiger partial charge in [-0.2, -0.15) is 0 Å². The molecule has 16 heavy (non-hydrogen) atoms. The van der Waals surface area contributed by atoms with Crippen molar-refractivity contribution < 1.29 is 4.79 Å². The summed E-state index contributed by atoms with van der Waals surface area (Å²) in [6.45, 7) is 3.77. The Bertz CT molecular complexity index is 531. The third kappa shape index (κ3) is 1.84. The van der Waals surface area contributed by atoms with Gasteiger partial charge >= 0.3 is 0 Å². The Morgan fingerprint density at radius 2 is 1.88 bits per heavy atom. The van der Waals surface area contributed by atoms with E-state index in [0.29, 0.717) is 5.69 Å². The van der Waals surface area contributed by atoms with E-state index < -0.39 is 5.24 Å². The number of aromatic nitrogens is 3. The number of halogens is 1. The zero-order valence-electron chi connectivity index (χ0n) is 8.94. The Morgan fingerprint density at radius 3 is 2.38 bits per heavy atom. The Hall–Kier alpha value is -1.68. The van der Waals surface area contributed by atoms with Crippen molar-refractivity contribution in [3.8, 4) is 5.69 Å². The molecular formula is C11H10ClN3O. The monoisotopic (exact) mass is 235 g/mol. The van der Waals surface area contributed by atoms with Gasteiger partial charge in [-0.05, 0) is 37.6 Å². The quantitative estimate of drug-likeness (QED) is 0.751. The number of nitrogens with zero attached hydrogens (tertiary/aromatic N) is 3. The molecule has 0 saturated heterocycles. The van der Waals surface area contributed by atoms with Gasteiger partial charge in [0.05, 0.1) is 11.4 Å². The number of benzene rings is 1. The van der Waals surface area contributed by atoms with Gasteiger partial charge in [0.15, 0.2) is 5.69 Å². The minimum absolute atomic E-state index is 0.197. The second-order valence-electron chi connectivity index (χ2n) is 3.54. The summed E-state index contributed by atoms with van der Waals surface area (Å²) in [5.74, 6) is 0. The molecule has 0 aliphatic carbocycles. The van der Waals surface area contributed by atoms with Crippen LogP contribution in [0.25, 0.3) is 5.69 Å². The first-order chi connectivity index (χ1) is 7.59. The Labute approximate surface area is 97.8 Å². The zero-order valence-corrected chi connectivity index (χ0v) is 9.69. The highest BCUT2D eigenvalue weighted by Gasteiger charge is 2.14. The molecule has 0 unspecified atom stereocenters. The number of hydrogen-bond donors (Lipinski definition) is 0. The minimum Gasteiger partial charge on any atom is -0.274 e. The van der Waals surface area contributed by atoms with Crippen molar-refractivity contribution in [3.05, 3.63) is 41.2 Å². The molecule has 1 aromatic heterocycles. The minimum atomic E-state index is -0.587. The van der Waals surface area contributed by atoms with Gasteiger partial charge in [0, 0.05) is 0 Å². The van der Waals surface area contributed by atoms with Crippen molar-refractivity contribution in [2.75, 3.05) is 0 Å². The average molecular weight is 236 g/mol. The van der Waals surface area contributed by atoms with E-state index in [2.05, 4.69) is 10.3 Å². The SMILES string of the molecule is Cc1ccc(-n2nnc(C(=O)Cl)c2C)cc1. The normalized spacial score (nSPS) is 10.4. The van der Waals surface area contributed by atoms with E-state index in [1.807, 2.05) is 31.2 Å². The average Bonchev–Trinajstić information content (AvgIpc) is 2.61. The molecule has 1 heterocycles. The van der Waals surface area contributed by atoms with E-state index in [-0.39, 0.29) is 5.69 Å². The fraction of sp³-hybridized carbons (Fsp3) is 0.182. The van der Waals surface area contributed by atoms with E-state index in [1.165, 1.54) is 0 Å². The van der Waals surface area contributed by atoms with E-state index in [0.717, 1.165) is 11.3 Å². The second-order valence-corrected chi connectivity index (χ2v) is 3.89. The predicted molar refractivity (Wildman–Crippen MR) is 61.0 cm³/mol. The number of aryl methyl sites for hydroxylation is 1. The molecular weight excluding hydrogens is 226 g/mol. The number of rotatable bonds is 2. The van der Waals surface area contributed by atoms with Crippen LogP contribution in [0.15, 0.2) is 24.3 Å². The highest BCUT2D eigenvalue weighted by atomic mass is 35.5. The van der Waals surface area contributed by atoms with Crippen LogP contribution in [0.2, 0.25) is 0 Å². The first kappa shape index (κ1) is 10.8. The van der Waals surface area contributed by atoms with Gasteiger partial charge in [-0.25, -0.2) is 4.68 Å². The van der Waals surface area contributed by atoms with Crippen LogP contribution in [-0.2, 0) is 0 Å². The lowest BCUT2D eigenvalue weighted by molar-refractivity contribution is 0.107. The maximum Gasteiger partial charge on any atom is 0.274 e. The lowest BCUT2D eigenvalue weighted by Crippen LogP contribution is -2.00. The standard InChI is InChI=1S/C11H10ClN3O/c1-7-3-5-9(6-4-7)15-8(2)10(11(12)16)13-14-15/h3-6H,1-2H3. The Kier molecular flexibility index (Phi) is 2.75. The Balaban J connectivity index is 2.49. The molecule has 0 saturated carbocycles. The fourth-order valence-corrected chi connectivity index (χ4v) is 1.62. The van der Waals surface area contributed by atoms with Crippen LogP contribution in [-0.4, -0.2) is 20.2 Å². The Morgan fingerprint density at radius 1 is 1.25 bits per heavy atom. The molecule has 0 aliphatic rings. The van der Waals surface area contributed by atoms with Crippen LogP contribution >= 0.6 is 11.6 Å².